The molecule has 3 rings (SSSR count). The van der Waals surface area contributed by atoms with Crippen LogP contribution in [0.15, 0.2) is 42.7 Å². The first kappa shape index (κ1) is 15.9. The molecule has 24 heavy (non-hydrogen) atoms. The second-order valence-electron chi connectivity index (χ2n) is 5.27. The number of hydrogen-bond acceptors (Lipinski definition) is 5. The molecule has 0 saturated carbocycles. The predicted molar refractivity (Wildman–Crippen MR) is 88.7 cm³/mol. The van der Waals surface area contributed by atoms with Gasteiger partial charge in [-0.3, -0.25) is 4.79 Å². The Labute approximate surface area is 142 Å². The number of nitrogens with zero attached hydrogens (tertiary/aromatic N) is 4. The molecule has 3 aromatic rings. The topological polar surface area (TPSA) is 107 Å². The SMILES string of the molecule is CC(c1ccc(Cl)cc1)n1cc(-c2cnc(C(N)=O)c(O)c2)nn1. The summed E-state index contributed by atoms with van der Waals surface area (Å²) in [5.41, 5.74) is 7.03. The highest BCUT2D eigenvalue weighted by atomic mass is 35.5. The van der Waals surface area contributed by atoms with E-state index < -0.39 is 5.91 Å². The largest absolute Gasteiger partial charge is 0.505 e. The highest BCUT2D eigenvalue weighted by Gasteiger charge is 2.15. The molecule has 1 atom stereocenters. The van der Waals surface area contributed by atoms with Crippen molar-refractivity contribution >= 4 is 17.5 Å². The molecule has 0 radical (unpaired) electrons. The summed E-state index contributed by atoms with van der Waals surface area (Å²) < 4.78 is 1.69. The monoisotopic (exact) mass is 343 g/mol. The maximum atomic E-state index is 11.1. The van der Waals surface area contributed by atoms with Crippen LogP contribution in [0.1, 0.15) is 29.0 Å². The molecule has 0 fully saturated rings. The number of halogens is 1. The van der Waals surface area contributed by atoms with Crippen molar-refractivity contribution in [2.75, 3.05) is 0 Å². The molecule has 1 amide bonds. The molecule has 0 aliphatic carbocycles. The summed E-state index contributed by atoms with van der Waals surface area (Å²) in [6.45, 7) is 1.98. The van der Waals surface area contributed by atoms with Crippen molar-refractivity contribution in [3.63, 3.8) is 0 Å². The lowest BCUT2D eigenvalue weighted by molar-refractivity contribution is 0.0993. The average molecular weight is 344 g/mol. The van der Waals surface area contributed by atoms with Gasteiger partial charge in [-0.2, -0.15) is 0 Å². The number of rotatable bonds is 4. The summed E-state index contributed by atoms with van der Waals surface area (Å²) in [5.74, 6) is -1.08. The maximum absolute atomic E-state index is 11.1. The predicted octanol–water partition coefficient (Wildman–Crippen LogP) is 2.41. The van der Waals surface area contributed by atoms with Crippen LogP contribution in [0.3, 0.4) is 0 Å². The van der Waals surface area contributed by atoms with E-state index >= 15 is 0 Å². The van der Waals surface area contributed by atoms with Crippen molar-refractivity contribution < 1.29 is 9.90 Å². The summed E-state index contributed by atoms with van der Waals surface area (Å²) in [6, 6.07) is 8.81. The van der Waals surface area contributed by atoms with Crippen LogP contribution >= 0.6 is 11.6 Å². The van der Waals surface area contributed by atoms with Crippen molar-refractivity contribution in [3.8, 4) is 17.0 Å². The fourth-order valence-electron chi connectivity index (χ4n) is 2.28. The number of aromatic nitrogens is 4. The second-order valence-corrected chi connectivity index (χ2v) is 5.70. The number of carbonyl (C=O) groups excluding carboxylic acids is 1. The van der Waals surface area contributed by atoms with Gasteiger partial charge < -0.3 is 10.8 Å². The average Bonchev–Trinajstić information content (AvgIpc) is 3.04. The molecule has 0 saturated heterocycles. The lowest BCUT2D eigenvalue weighted by atomic mass is 10.1. The number of aromatic hydroxyl groups is 1. The Bertz CT molecular complexity index is 892. The van der Waals surface area contributed by atoms with Gasteiger partial charge in [0.2, 0.25) is 0 Å². The van der Waals surface area contributed by atoms with E-state index in [1.54, 1.807) is 10.9 Å². The van der Waals surface area contributed by atoms with Gasteiger partial charge in [-0.15, -0.1) is 5.10 Å². The van der Waals surface area contributed by atoms with Gasteiger partial charge in [0.15, 0.2) is 5.69 Å². The highest BCUT2D eigenvalue weighted by molar-refractivity contribution is 6.30. The Morgan fingerprint density at radius 2 is 2.04 bits per heavy atom. The summed E-state index contributed by atoms with van der Waals surface area (Å²) >= 11 is 5.90. The number of benzene rings is 1. The van der Waals surface area contributed by atoms with Crippen molar-refractivity contribution in [2.24, 2.45) is 5.73 Å². The number of nitrogens with two attached hydrogens (primary N) is 1. The minimum atomic E-state index is -0.793. The standard InChI is InChI=1S/C16H14ClN5O2/c1-9(10-2-4-12(17)5-3-10)22-8-13(20-21-22)11-6-14(23)15(16(18)24)19-7-11/h2-9,23H,1H3,(H2,18,24). The van der Waals surface area contributed by atoms with Gasteiger partial charge in [0, 0.05) is 16.8 Å². The molecule has 2 heterocycles. The Morgan fingerprint density at radius 3 is 2.67 bits per heavy atom. The summed E-state index contributed by atoms with van der Waals surface area (Å²) in [7, 11) is 0. The van der Waals surface area contributed by atoms with Crippen LogP contribution in [0.2, 0.25) is 5.02 Å². The first-order valence-electron chi connectivity index (χ1n) is 7.12. The molecule has 0 aliphatic heterocycles. The normalized spacial score (nSPS) is 12.1. The lowest BCUT2D eigenvalue weighted by Crippen LogP contribution is -2.13. The van der Waals surface area contributed by atoms with E-state index in [4.69, 9.17) is 17.3 Å². The van der Waals surface area contributed by atoms with Gasteiger partial charge in [0.05, 0.1) is 12.2 Å². The third-order valence-electron chi connectivity index (χ3n) is 3.66. The molecule has 2 aromatic heterocycles. The van der Waals surface area contributed by atoms with Gasteiger partial charge in [-0.25, -0.2) is 9.67 Å². The van der Waals surface area contributed by atoms with Crippen molar-refractivity contribution in [3.05, 3.63) is 59.0 Å². The first-order valence-corrected chi connectivity index (χ1v) is 7.50. The fourth-order valence-corrected chi connectivity index (χ4v) is 2.40. The Kier molecular flexibility index (Phi) is 4.18. The maximum Gasteiger partial charge on any atom is 0.271 e. The highest BCUT2D eigenvalue weighted by Crippen LogP contribution is 2.25. The number of amides is 1. The summed E-state index contributed by atoms with van der Waals surface area (Å²) in [4.78, 5) is 15.0. The quantitative estimate of drug-likeness (QED) is 0.756. The Morgan fingerprint density at radius 1 is 1.33 bits per heavy atom. The summed E-state index contributed by atoms with van der Waals surface area (Å²) in [6.07, 6.45) is 3.15. The molecule has 0 bridgehead atoms. The van der Waals surface area contributed by atoms with Crippen LogP contribution in [-0.4, -0.2) is 31.0 Å². The van der Waals surface area contributed by atoms with Gasteiger partial charge in [0.25, 0.3) is 5.91 Å². The second kappa shape index (κ2) is 6.29. The molecule has 1 unspecified atom stereocenters. The zero-order valence-corrected chi connectivity index (χ0v) is 13.5. The van der Waals surface area contributed by atoms with Crippen LogP contribution in [0.4, 0.5) is 0 Å². The van der Waals surface area contributed by atoms with Crippen molar-refractivity contribution in [2.45, 2.75) is 13.0 Å². The Hall–Kier alpha value is -2.93. The van der Waals surface area contributed by atoms with Gasteiger partial charge in [0.1, 0.15) is 11.4 Å². The van der Waals surface area contributed by atoms with Crippen molar-refractivity contribution in [1.82, 2.24) is 20.0 Å². The molecule has 0 aliphatic rings. The first-order chi connectivity index (χ1) is 11.5. The molecule has 8 heteroatoms. The molecule has 1 aromatic carbocycles. The fraction of sp³-hybridized carbons (Fsp3) is 0.125. The van der Waals surface area contributed by atoms with E-state index in [0.717, 1.165) is 5.56 Å². The van der Waals surface area contributed by atoms with Crippen molar-refractivity contribution in [1.29, 1.82) is 0 Å². The number of carbonyl (C=O) groups is 1. The number of hydrogen-bond donors (Lipinski definition) is 2. The molecule has 0 spiro atoms. The van der Waals surface area contributed by atoms with E-state index in [1.165, 1.54) is 12.3 Å². The minimum Gasteiger partial charge on any atom is -0.505 e. The third kappa shape index (κ3) is 3.07. The van der Waals surface area contributed by atoms with E-state index in [2.05, 4.69) is 15.3 Å². The van der Waals surface area contributed by atoms with E-state index in [1.807, 2.05) is 31.2 Å². The Balaban J connectivity index is 1.89. The smallest absolute Gasteiger partial charge is 0.271 e. The van der Waals surface area contributed by atoms with Crippen LogP contribution in [0.5, 0.6) is 5.75 Å². The third-order valence-corrected chi connectivity index (χ3v) is 3.91. The van der Waals surface area contributed by atoms with Crippen LogP contribution < -0.4 is 5.73 Å². The zero-order valence-electron chi connectivity index (χ0n) is 12.7. The molecule has 3 N–H and O–H groups in total. The molecular weight excluding hydrogens is 330 g/mol. The van der Waals surface area contributed by atoms with E-state index in [0.29, 0.717) is 16.3 Å². The zero-order chi connectivity index (χ0) is 17.3. The van der Waals surface area contributed by atoms with Gasteiger partial charge in [-0.05, 0) is 30.7 Å². The number of pyridine rings is 1. The summed E-state index contributed by atoms with van der Waals surface area (Å²) in [5, 5.41) is 18.7. The number of primary amides is 1. The van der Waals surface area contributed by atoms with Crippen LogP contribution in [-0.2, 0) is 0 Å². The van der Waals surface area contributed by atoms with Crippen LogP contribution in [0, 0.1) is 0 Å². The molecular formula is C16H14ClN5O2. The van der Waals surface area contributed by atoms with Gasteiger partial charge in [-0.1, -0.05) is 28.9 Å². The van der Waals surface area contributed by atoms with E-state index in [9.17, 15) is 9.90 Å². The van der Waals surface area contributed by atoms with Crippen LogP contribution in [0.25, 0.3) is 11.3 Å². The van der Waals surface area contributed by atoms with E-state index in [-0.39, 0.29) is 17.5 Å². The molecule has 122 valence electrons. The van der Waals surface area contributed by atoms with Gasteiger partial charge >= 0.3 is 0 Å². The lowest BCUT2D eigenvalue weighted by Gasteiger charge is -2.11. The minimum absolute atomic E-state index is 0.0463. The molecule has 7 nitrogen and oxygen atoms in total.